The van der Waals surface area contributed by atoms with Gasteiger partial charge in [-0.15, -0.1) is 6.58 Å². The summed E-state index contributed by atoms with van der Waals surface area (Å²) in [5.41, 5.74) is 1.26. The predicted octanol–water partition coefficient (Wildman–Crippen LogP) is 3.34. The van der Waals surface area contributed by atoms with Crippen LogP contribution in [0.4, 0.5) is 0 Å². The Kier molecular flexibility index (Phi) is 4.44. The molecule has 2 heteroatoms. The lowest BCUT2D eigenvalue weighted by Gasteiger charge is -2.18. The van der Waals surface area contributed by atoms with Crippen LogP contribution < -0.4 is 0 Å². The summed E-state index contributed by atoms with van der Waals surface area (Å²) in [4.78, 5) is 11.1. The highest BCUT2D eigenvalue weighted by molar-refractivity contribution is 5.70. The van der Waals surface area contributed by atoms with Crippen LogP contribution in [0.3, 0.4) is 0 Å². The Morgan fingerprint density at radius 3 is 2.86 bits per heavy atom. The molecule has 0 amide bonds. The van der Waals surface area contributed by atoms with Crippen molar-refractivity contribution in [1.82, 2.24) is 0 Å². The Balaban J connectivity index is 2.67. The highest BCUT2D eigenvalue weighted by atomic mass is 16.5. The Bertz CT molecular complexity index is 251. The van der Waals surface area contributed by atoms with Crippen molar-refractivity contribution in [2.24, 2.45) is 0 Å². The van der Waals surface area contributed by atoms with E-state index in [-0.39, 0.29) is 5.97 Å². The van der Waals surface area contributed by atoms with Crippen molar-refractivity contribution in [2.45, 2.75) is 45.4 Å². The summed E-state index contributed by atoms with van der Waals surface area (Å²) in [6.07, 6.45) is 7.48. The lowest BCUT2D eigenvalue weighted by atomic mass is 9.95. The minimum atomic E-state index is -0.122. The van der Waals surface area contributed by atoms with Crippen LogP contribution in [0.2, 0.25) is 0 Å². The van der Waals surface area contributed by atoms with Crippen molar-refractivity contribution < 1.29 is 9.53 Å². The van der Waals surface area contributed by atoms with Crippen LogP contribution in [0.15, 0.2) is 24.0 Å². The SMILES string of the molecule is C=CCC1=C(OC(=O)CC)CCCC1. The lowest BCUT2D eigenvalue weighted by Crippen LogP contribution is -2.08. The summed E-state index contributed by atoms with van der Waals surface area (Å²) in [5, 5.41) is 0. The van der Waals surface area contributed by atoms with Crippen molar-refractivity contribution >= 4 is 5.97 Å². The molecule has 0 unspecified atom stereocenters. The summed E-state index contributed by atoms with van der Waals surface area (Å²) in [6, 6.07) is 0. The molecule has 2 nitrogen and oxygen atoms in total. The van der Waals surface area contributed by atoms with Crippen molar-refractivity contribution in [1.29, 1.82) is 0 Å². The van der Waals surface area contributed by atoms with Crippen molar-refractivity contribution in [3.05, 3.63) is 24.0 Å². The standard InChI is InChI=1S/C12H18O2/c1-3-7-10-8-5-6-9-11(10)14-12(13)4-2/h3H,1,4-9H2,2H3. The maximum Gasteiger partial charge on any atom is 0.310 e. The van der Waals surface area contributed by atoms with Crippen LogP contribution in [0.5, 0.6) is 0 Å². The van der Waals surface area contributed by atoms with Gasteiger partial charge >= 0.3 is 5.97 Å². The normalized spacial score (nSPS) is 16.6. The van der Waals surface area contributed by atoms with E-state index in [2.05, 4.69) is 6.58 Å². The Labute approximate surface area is 85.6 Å². The quantitative estimate of drug-likeness (QED) is 0.506. The third-order valence-electron chi connectivity index (χ3n) is 2.44. The van der Waals surface area contributed by atoms with Crippen LogP contribution in [-0.2, 0) is 9.53 Å². The number of ether oxygens (including phenoxy) is 1. The van der Waals surface area contributed by atoms with E-state index in [1.54, 1.807) is 0 Å². The molecule has 0 aromatic rings. The summed E-state index contributed by atoms with van der Waals surface area (Å²) in [7, 11) is 0. The molecule has 0 heterocycles. The zero-order chi connectivity index (χ0) is 10.4. The van der Waals surface area contributed by atoms with Gasteiger partial charge < -0.3 is 4.74 Å². The molecule has 1 rings (SSSR count). The van der Waals surface area contributed by atoms with Crippen LogP contribution in [0, 0.1) is 0 Å². The van der Waals surface area contributed by atoms with Gasteiger partial charge in [-0.3, -0.25) is 4.79 Å². The first-order chi connectivity index (χ1) is 6.77. The van der Waals surface area contributed by atoms with E-state index in [1.165, 1.54) is 12.0 Å². The first kappa shape index (κ1) is 11.0. The summed E-state index contributed by atoms with van der Waals surface area (Å²) in [6.45, 7) is 5.53. The average Bonchev–Trinajstić information content (AvgIpc) is 2.21. The molecule has 0 N–H and O–H groups in total. The lowest BCUT2D eigenvalue weighted by molar-refractivity contribution is -0.139. The van der Waals surface area contributed by atoms with Gasteiger partial charge in [0.1, 0.15) is 5.76 Å². The molecule has 1 aliphatic rings. The molecular weight excluding hydrogens is 176 g/mol. The highest BCUT2D eigenvalue weighted by Crippen LogP contribution is 2.28. The van der Waals surface area contributed by atoms with E-state index in [4.69, 9.17) is 4.74 Å². The number of carbonyl (C=O) groups excluding carboxylic acids is 1. The molecule has 78 valence electrons. The van der Waals surface area contributed by atoms with E-state index in [0.29, 0.717) is 6.42 Å². The number of allylic oxidation sites excluding steroid dienone is 3. The van der Waals surface area contributed by atoms with E-state index < -0.39 is 0 Å². The molecule has 0 saturated heterocycles. The van der Waals surface area contributed by atoms with E-state index in [1.807, 2.05) is 13.0 Å². The molecule has 0 radical (unpaired) electrons. The maximum absolute atomic E-state index is 11.1. The second-order valence-corrected chi connectivity index (χ2v) is 3.55. The molecule has 0 aromatic carbocycles. The number of rotatable bonds is 4. The fourth-order valence-electron chi connectivity index (χ4n) is 1.66. The zero-order valence-corrected chi connectivity index (χ0v) is 8.84. The second-order valence-electron chi connectivity index (χ2n) is 3.55. The smallest absolute Gasteiger partial charge is 0.310 e. The molecule has 0 aliphatic heterocycles. The Hall–Kier alpha value is -1.05. The van der Waals surface area contributed by atoms with E-state index in [9.17, 15) is 4.79 Å². The monoisotopic (exact) mass is 194 g/mol. The Morgan fingerprint density at radius 1 is 1.50 bits per heavy atom. The van der Waals surface area contributed by atoms with Crippen LogP contribution in [-0.4, -0.2) is 5.97 Å². The number of carbonyl (C=O) groups is 1. The largest absolute Gasteiger partial charge is 0.431 e. The van der Waals surface area contributed by atoms with Gasteiger partial charge in [0.15, 0.2) is 0 Å². The molecule has 0 aromatic heterocycles. The summed E-state index contributed by atoms with van der Waals surface area (Å²) >= 11 is 0. The average molecular weight is 194 g/mol. The number of hydrogen-bond acceptors (Lipinski definition) is 2. The number of esters is 1. The number of hydrogen-bond donors (Lipinski definition) is 0. The molecule has 0 saturated carbocycles. The van der Waals surface area contributed by atoms with Crippen LogP contribution in [0.1, 0.15) is 45.4 Å². The zero-order valence-electron chi connectivity index (χ0n) is 8.84. The molecule has 1 aliphatic carbocycles. The Morgan fingerprint density at radius 2 is 2.21 bits per heavy atom. The van der Waals surface area contributed by atoms with Gasteiger partial charge in [-0.25, -0.2) is 0 Å². The third kappa shape index (κ3) is 3.02. The minimum Gasteiger partial charge on any atom is -0.431 e. The van der Waals surface area contributed by atoms with Crippen LogP contribution in [0.25, 0.3) is 0 Å². The summed E-state index contributed by atoms with van der Waals surface area (Å²) in [5.74, 6) is 0.784. The van der Waals surface area contributed by atoms with Gasteiger partial charge in [-0.1, -0.05) is 13.0 Å². The van der Waals surface area contributed by atoms with Crippen molar-refractivity contribution in [3.8, 4) is 0 Å². The molecule has 14 heavy (non-hydrogen) atoms. The topological polar surface area (TPSA) is 26.3 Å². The minimum absolute atomic E-state index is 0.122. The highest BCUT2D eigenvalue weighted by Gasteiger charge is 2.15. The van der Waals surface area contributed by atoms with Crippen molar-refractivity contribution in [2.75, 3.05) is 0 Å². The summed E-state index contributed by atoms with van der Waals surface area (Å²) < 4.78 is 5.30. The fourth-order valence-corrected chi connectivity index (χ4v) is 1.66. The predicted molar refractivity (Wildman–Crippen MR) is 56.7 cm³/mol. The first-order valence-corrected chi connectivity index (χ1v) is 5.30. The second kappa shape index (κ2) is 5.63. The van der Waals surface area contributed by atoms with Gasteiger partial charge in [0.25, 0.3) is 0 Å². The molecule has 0 bridgehead atoms. The van der Waals surface area contributed by atoms with Crippen LogP contribution >= 0.6 is 0 Å². The van der Waals surface area contributed by atoms with Gasteiger partial charge in [0, 0.05) is 12.8 Å². The van der Waals surface area contributed by atoms with Gasteiger partial charge in [0.2, 0.25) is 0 Å². The van der Waals surface area contributed by atoms with Gasteiger partial charge in [0.05, 0.1) is 0 Å². The van der Waals surface area contributed by atoms with E-state index >= 15 is 0 Å². The molecule has 0 spiro atoms. The van der Waals surface area contributed by atoms with Gasteiger partial charge in [-0.2, -0.15) is 0 Å². The van der Waals surface area contributed by atoms with Crippen molar-refractivity contribution in [3.63, 3.8) is 0 Å². The van der Waals surface area contributed by atoms with E-state index in [0.717, 1.165) is 31.4 Å². The third-order valence-corrected chi connectivity index (χ3v) is 2.44. The molecule has 0 atom stereocenters. The first-order valence-electron chi connectivity index (χ1n) is 5.30. The molecular formula is C12H18O2. The maximum atomic E-state index is 11.1. The van der Waals surface area contributed by atoms with Gasteiger partial charge in [-0.05, 0) is 31.3 Å². The molecule has 0 fully saturated rings. The fraction of sp³-hybridized carbons (Fsp3) is 0.583.